The van der Waals surface area contributed by atoms with Crippen LogP contribution in [0.25, 0.3) is 0 Å². The molecule has 7 heteroatoms. The fraction of sp³-hybridized carbons (Fsp3) is 0.714. The highest BCUT2D eigenvalue weighted by molar-refractivity contribution is 7.91. The minimum Gasteiger partial charge on any atom is -0.324 e. The third kappa shape index (κ3) is 1.78. The van der Waals surface area contributed by atoms with Crippen molar-refractivity contribution in [2.24, 2.45) is 5.73 Å². The predicted octanol–water partition coefficient (Wildman–Crippen LogP) is -0.835. The maximum Gasteiger partial charge on any atom is 0.154 e. The molecule has 1 aromatic rings. The molecule has 0 amide bonds. The van der Waals surface area contributed by atoms with Gasteiger partial charge in [-0.3, -0.25) is 5.10 Å². The van der Waals surface area contributed by atoms with E-state index in [4.69, 9.17) is 5.73 Å². The molecule has 1 fully saturated rings. The predicted molar refractivity (Wildman–Crippen MR) is 50.3 cm³/mol. The van der Waals surface area contributed by atoms with Crippen LogP contribution in [-0.4, -0.2) is 35.1 Å². The molecule has 0 aromatic carbocycles. The van der Waals surface area contributed by atoms with E-state index in [0.717, 1.165) is 0 Å². The number of hydrogen-bond donors (Lipinski definition) is 2. The highest BCUT2D eigenvalue weighted by atomic mass is 32.2. The maximum absolute atomic E-state index is 11.2. The Kier molecular flexibility index (Phi) is 2.28. The van der Waals surface area contributed by atoms with E-state index >= 15 is 0 Å². The summed E-state index contributed by atoms with van der Waals surface area (Å²) in [4.78, 5) is 4.12. The van der Waals surface area contributed by atoms with Crippen LogP contribution >= 0.6 is 0 Å². The first-order valence-electron chi connectivity index (χ1n) is 4.42. The van der Waals surface area contributed by atoms with Crippen molar-refractivity contribution in [3.05, 3.63) is 11.6 Å². The minimum atomic E-state index is -2.87. The monoisotopic (exact) mass is 216 g/mol. The smallest absolute Gasteiger partial charge is 0.154 e. The minimum absolute atomic E-state index is 0.0588. The third-order valence-electron chi connectivity index (χ3n) is 2.34. The van der Waals surface area contributed by atoms with Crippen LogP contribution in [0, 0.1) is 0 Å². The molecule has 0 saturated carbocycles. The summed E-state index contributed by atoms with van der Waals surface area (Å²) in [5.41, 5.74) is 5.36. The zero-order valence-corrected chi connectivity index (χ0v) is 8.42. The number of nitrogens with one attached hydrogen (secondary N) is 1. The van der Waals surface area contributed by atoms with Crippen LogP contribution < -0.4 is 5.73 Å². The zero-order valence-electron chi connectivity index (χ0n) is 7.60. The number of rotatable bonds is 2. The van der Waals surface area contributed by atoms with E-state index < -0.39 is 9.84 Å². The lowest BCUT2D eigenvalue weighted by Gasteiger charge is -1.98. The van der Waals surface area contributed by atoms with Crippen LogP contribution in [0.5, 0.6) is 0 Å². The van der Waals surface area contributed by atoms with Gasteiger partial charge in [0.1, 0.15) is 5.82 Å². The summed E-state index contributed by atoms with van der Waals surface area (Å²) >= 11 is 0. The van der Waals surface area contributed by atoms with E-state index in [1.165, 1.54) is 0 Å². The second-order valence-electron chi connectivity index (χ2n) is 3.44. The van der Waals surface area contributed by atoms with Crippen molar-refractivity contribution >= 4 is 9.84 Å². The molecule has 2 rings (SSSR count). The van der Waals surface area contributed by atoms with E-state index in [0.29, 0.717) is 24.6 Å². The average Bonchev–Trinajstić information content (AvgIpc) is 2.70. The van der Waals surface area contributed by atoms with Gasteiger partial charge in [0, 0.05) is 5.92 Å². The van der Waals surface area contributed by atoms with Gasteiger partial charge < -0.3 is 5.73 Å². The highest BCUT2D eigenvalue weighted by Crippen LogP contribution is 2.25. The lowest BCUT2D eigenvalue weighted by atomic mass is 10.1. The molecule has 1 unspecified atom stereocenters. The summed E-state index contributed by atoms with van der Waals surface area (Å²) in [5, 5.41) is 6.63. The number of nitrogens with zero attached hydrogens (tertiary/aromatic N) is 2. The van der Waals surface area contributed by atoms with Gasteiger partial charge in [0.2, 0.25) is 0 Å². The van der Waals surface area contributed by atoms with Gasteiger partial charge >= 0.3 is 0 Å². The molecule has 0 aliphatic carbocycles. The first kappa shape index (κ1) is 9.60. The summed E-state index contributed by atoms with van der Waals surface area (Å²) < 4.78 is 22.4. The SMILES string of the molecule is NCc1nc(C2CCS(=O)(=O)C2)n[nH]1. The van der Waals surface area contributed by atoms with Gasteiger partial charge in [-0.1, -0.05) is 0 Å². The standard InChI is InChI=1S/C7H12N4O2S/c8-3-6-9-7(11-10-6)5-1-2-14(12,13)4-5/h5H,1-4,8H2,(H,9,10,11). The Labute approximate surface area is 81.8 Å². The quantitative estimate of drug-likeness (QED) is 0.671. The van der Waals surface area contributed by atoms with Gasteiger partial charge in [-0.05, 0) is 6.42 Å². The molecule has 1 aromatic heterocycles. The summed E-state index contributed by atoms with van der Waals surface area (Å²) in [6.07, 6.45) is 0.615. The molecule has 0 radical (unpaired) electrons. The van der Waals surface area contributed by atoms with E-state index in [-0.39, 0.29) is 17.4 Å². The van der Waals surface area contributed by atoms with Gasteiger partial charge in [0.15, 0.2) is 15.7 Å². The van der Waals surface area contributed by atoms with Crippen LogP contribution in [0.3, 0.4) is 0 Å². The van der Waals surface area contributed by atoms with Gasteiger partial charge in [0.25, 0.3) is 0 Å². The Morgan fingerprint density at radius 1 is 1.57 bits per heavy atom. The molecule has 1 aliphatic rings. The lowest BCUT2D eigenvalue weighted by Crippen LogP contribution is -2.05. The van der Waals surface area contributed by atoms with Gasteiger partial charge in [-0.25, -0.2) is 13.4 Å². The second kappa shape index (κ2) is 3.32. The van der Waals surface area contributed by atoms with Crippen molar-refractivity contribution < 1.29 is 8.42 Å². The van der Waals surface area contributed by atoms with Gasteiger partial charge in [-0.15, -0.1) is 0 Å². The summed E-state index contributed by atoms with van der Waals surface area (Å²) in [5.74, 6) is 1.52. The van der Waals surface area contributed by atoms with E-state index in [9.17, 15) is 8.42 Å². The first-order valence-corrected chi connectivity index (χ1v) is 6.24. The molecule has 1 atom stereocenters. The normalized spacial score (nSPS) is 25.4. The van der Waals surface area contributed by atoms with E-state index in [1.807, 2.05) is 0 Å². The largest absolute Gasteiger partial charge is 0.324 e. The number of aromatic amines is 1. The van der Waals surface area contributed by atoms with Crippen LogP contribution in [0.1, 0.15) is 24.0 Å². The average molecular weight is 216 g/mol. The fourth-order valence-corrected chi connectivity index (χ4v) is 3.32. The number of sulfone groups is 1. The Bertz CT molecular complexity index is 425. The molecule has 0 bridgehead atoms. The summed E-state index contributed by atoms with van der Waals surface area (Å²) in [6.45, 7) is 0.298. The second-order valence-corrected chi connectivity index (χ2v) is 5.67. The number of hydrogen-bond acceptors (Lipinski definition) is 5. The van der Waals surface area contributed by atoms with E-state index in [1.54, 1.807) is 0 Å². The van der Waals surface area contributed by atoms with Crippen molar-refractivity contribution in [1.82, 2.24) is 15.2 Å². The van der Waals surface area contributed by atoms with Crippen molar-refractivity contribution in [2.45, 2.75) is 18.9 Å². The molecule has 3 N–H and O–H groups in total. The lowest BCUT2D eigenvalue weighted by molar-refractivity contribution is 0.601. The Morgan fingerprint density at radius 2 is 2.36 bits per heavy atom. The topological polar surface area (TPSA) is 102 Å². The molecule has 1 aliphatic heterocycles. The van der Waals surface area contributed by atoms with Crippen LogP contribution in [0.15, 0.2) is 0 Å². The third-order valence-corrected chi connectivity index (χ3v) is 4.11. The maximum atomic E-state index is 11.2. The van der Waals surface area contributed by atoms with E-state index in [2.05, 4.69) is 15.2 Å². The van der Waals surface area contributed by atoms with Gasteiger partial charge in [-0.2, -0.15) is 5.10 Å². The van der Waals surface area contributed by atoms with Crippen molar-refractivity contribution in [2.75, 3.05) is 11.5 Å². The van der Waals surface area contributed by atoms with Crippen LogP contribution in [0.4, 0.5) is 0 Å². The number of nitrogens with two attached hydrogens (primary N) is 1. The molecule has 6 nitrogen and oxygen atoms in total. The molecule has 14 heavy (non-hydrogen) atoms. The number of H-pyrrole nitrogens is 1. The molecule has 0 spiro atoms. The zero-order chi connectivity index (χ0) is 10.2. The van der Waals surface area contributed by atoms with Gasteiger partial charge in [0.05, 0.1) is 18.1 Å². The molecular weight excluding hydrogens is 204 g/mol. The molecule has 1 saturated heterocycles. The van der Waals surface area contributed by atoms with Crippen LogP contribution in [-0.2, 0) is 16.4 Å². The Balaban J connectivity index is 2.17. The van der Waals surface area contributed by atoms with Crippen molar-refractivity contribution in [3.63, 3.8) is 0 Å². The highest BCUT2D eigenvalue weighted by Gasteiger charge is 2.31. The van der Waals surface area contributed by atoms with Crippen molar-refractivity contribution in [3.8, 4) is 0 Å². The molecule has 2 heterocycles. The molecule has 78 valence electrons. The fourth-order valence-electron chi connectivity index (χ4n) is 1.58. The summed E-state index contributed by atoms with van der Waals surface area (Å²) in [6, 6.07) is 0. The first-order chi connectivity index (χ1) is 6.61. The number of aromatic nitrogens is 3. The molecular formula is C7H12N4O2S. The summed E-state index contributed by atoms with van der Waals surface area (Å²) in [7, 11) is -2.87. The van der Waals surface area contributed by atoms with Crippen molar-refractivity contribution in [1.29, 1.82) is 0 Å². The Morgan fingerprint density at radius 3 is 2.86 bits per heavy atom. The Hall–Kier alpha value is -0.950. The van der Waals surface area contributed by atoms with Crippen LogP contribution in [0.2, 0.25) is 0 Å².